The topological polar surface area (TPSA) is 72.6 Å². The molecule has 15 heavy (non-hydrogen) atoms. The second kappa shape index (κ2) is 5.80. The minimum atomic E-state index is -0.807. The lowest BCUT2D eigenvalue weighted by molar-refractivity contribution is -0.133. The zero-order valence-electron chi connectivity index (χ0n) is 8.45. The number of alkyl halides is 1. The van der Waals surface area contributed by atoms with Crippen LogP contribution in [-0.4, -0.2) is 42.0 Å². The van der Waals surface area contributed by atoms with Crippen LogP contribution in [0.4, 0.5) is 4.79 Å². The van der Waals surface area contributed by atoms with E-state index < -0.39 is 6.09 Å². The first-order chi connectivity index (χ1) is 7.15. The van der Waals surface area contributed by atoms with Gasteiger partial charge in [-0.05, 0) is 19.3 Å². The first-order valence-electron chi connectivity index (χ1n) is 4.93. The summed E-state index contributed by atoms with van der Waals surface area (Å²) in [4.78, 5) is 23.6. The van der Waals surface area contributed by atoms with Gasteiger partial charge in [-0.3, -0.25) is 4.79 Å². The van der Waals surface area contributed by atoms with Gasteiger partial charge in [-0.2, -0.15) is 0 Å². The van der Waals surface area contributed by atoms with Gasteiger partial charge in [0.2, 0.25) is 5.91 Å². The van der Waals surface area contributed by atoms with Crippen LogP contribution in [0.25, 0.3) is 0 Å². The van der Waals surface area contributed by atoms with Crippen molar-refractivity contribution >= 4 is 23.6 Å². The van der Waals surface area contributed by atoms with Gasteiger partial charge in [0.1, 0.15) is 12.5 Å². The molecule has 0 saturated carbocycles. The van der Waals surface area contributed by atoms with Crippen molar-refractivity contribution in [3.63, 3.8) is 0 Å². The molecule has 0 bridgehead atoms. The molecular weight excluding hydrogens is 220 g/mol. The molecule has 86 valence electrons. The van der Waals surface area contributed by atoms with Gasteiger partial charge in [0.25, 0.3) is 0 Å². The van der Waals surface area contributed by atoms with Gasteiger partial charge in [0.15, 0.2) is 0 Å². The highest BCUT2D eigenvalue weighted by molar-refractivity contribution is 6.27. The van der Waals surface area contributed by atoms with E-state index >= 15 is 0 Å². The zero-order valence-corrected chi connectivity index (χ0v) is 9.20. The third-order valence-corrected chi connectivity index (χ3v) is 2.71. The summed E-state index contributed by atoms with van der Waals surface area (Å²) in [7, 11) is 0. The Morgan fingerprint density at radius 3 is 2.80 bits per heavy atom. The standard InChI is InChI=1S/C9H15ClN2O3/c10-5-8(13)12-4-2-1-3-7(12)6-15-9(11)14/h7H,1-6H2,(H2,11,14)/t7-/m1/s1. The van der Waals surface area contributed by atoms with E-state index in [-0.39, 0.29) is 24.4 Å². The summed E-state index contributed by atoms with van der Waals surface area (Å²) in [5.74, 6) is -0.151. The number of nitrogens with two attached hydrogens (primary N) is 1. The van der Waals surface area contributed by atoms with Crippen molar-refractivity contribution in [2.24, 2.45) is 5.73 Å². The molecule has 2 N–H and O–H groups in total. The van der Waals surface area contributed by atoms with Crippen LogP contribution >= 0.6 is 11.6 Å². The lowest BCUT2D eigenvalue weighted by Crippen LogP contribution is -2.47. The number of hydrogen-bond acceptors (Lipinski definition) is 3. The number of carbonyl (C=O) groups excluding carboxylic acids is 2. The second-order valence-corrected chi connectivity index (χ2v) is 3.77. The van der Waals surface area contributed by atoms with Gasteiger partial charge in [-0.25, -0.2) is 4.79 Å². The fourth-order valence-electron chi connectivity index (χ4n) is 1.76. The van der Waals surface area contributed by atoms with Crippen LogP contribution in [0.3, 0.4) is 0 Å². The van der Waals surface area contributed by atoms with E-state index in [1.807, 2.05) is 0 Å². The highest BCUT2D eigenvalue weighted by Crippen LogP contribution is 2.17. The number of hydrogen-bond donors (Lipinski definition) is 1. The van der Waals surface area contributed by atoms with Crippen LogP contribution in [0.1, 0.15) is 19.3 Å². The fourth-order valence-corrected chi connectivity index (χ4v) is 1.91. The van der Waals surface area contributed by atoms with Crippen molar-refractivity contribution in [2.75, 3.05) is 19.0 Å². The van der Waals surface area contributed by atoms with Crippen LogP contribution in [0, 0.1) is 0 Å². The summed E-state index contributed by atoms with van der Waals surface area (Å²) in [6, 6.07) is -0.0718. The number of amides is 2. The molecule has 0 radical (unpaired) electrons. The molecule has 1 saturated heterocycles. The molecule has 1 aliphatic heterocycles. The number of likely N-dealkylation sites (tertiary alicyclic amines) is 1. The fraction of sp³-hybridized carbons (Fsp3) is 0.778. The van der Waals surface area contributed by atoms with Gasteiger partial charge in [0, 0.05) is 6.54 Å². The summed E-state index contributed by atoms with van der Waals surface area (Å²) in [6.45, 7) is 0.844. The maximum atomic E-state index is 11.4. The van der Waals surface area contributed by atoms with Crippen LogP contribution in [0.15, 0.2) is 0 Å². The molecule has 0 aromatic heterocycles. The largest absolute Gasteiger partial charge is 0.448 e. The Morgan fingerprint density at radius 1 is 1.47 bits per heavy atom. The van der Waals surface area contributed by atoms with Crippen molar-refractivity contribution in [3.05, 3.63) is 0 Å². The van der Waals surface area contributed by atoms with Crippen molar-refractivity contribution in [3.8, 4) is 0 Å². The number of nitrogens with zero attached hydrogens (tertiary/aromatic N) is 1. The Bertz CT molecular complexity index is 248. The Balaban J connectivity index is 2.49. The Kier molecular flexibility index (Phi) is 4.68. The molecular formula is C9H15ClN2O3. The summed E-state index contributed by atoms with van der Waals surface area (Å²) in [6.07, 6.45) is 2.02. The van der Waals surface area contributed by atoms with E-state index in [1.54, 1.807) is 4.90 Å². The van der Waals surface area contributed by atoms with Gasteiger partial charge < -0.3 is 15.4 Å². The van der Waals surface area contributed by atoms with Crippen molar-refractivity contribution < 1.29 is 14.3 Å². The molecule has 1 fully saturated rings. The van der Waals surface area contributed by atoms with Gasteiger partial charge in [-0.1, -0.05) is 0 Å². The van der Waals surface area contributed by atoms with E-state index in [2.05, 4.69) is 0 Å². The summed E-state index contributed by atoms with van der Waals surface area (Å²) in [5.41, 5.74) is 4.87. The van der Waals surface area contributed by atoms with Gasteiger partial charge in [0.05, 0.1) is 6.04 Å². The van der Waals surface area contributed by atoms with Gasteiger partial charge >= 0.3 is 6.09 Å². The Morgan fingerprint density at radius 2 is 2.20 bits per heavy atom. The van der Waals surface area contributed by atoms with Crippen LogP contribution in [-0.2, 0) is 9.53 Å². The number of carbonyl (C=O) groups is 2. The highest BCUT2D eigenvalue weighted by Gasteiger charge is 2.26. The molecule has 0 aromatic rings. The normalized spacial score (nSPS) is 21.1. The SMILES string of the molecule is NC(=O)OC[C@H]1CCCCN1C(=O)CCl. The van der Waals surface area contributed by atoms with E-state index in [9.17, 15) is 9.59 Å². The van der Waals surface area contributed by atoms with Gasteiger partial charge in [-0.15, -0.1) is 11.6 Å². The van der Waals surface area contributed by atoms with Crippen molar-refractivity contribution in [2.45, 2.75) is 25.3 Å². The third kappa shape index (κ3) is 3.58. The summed E-state index contributed by atoms with van der Waals surface area (Å²) in [5, 5.41) is 0. The number of piperidine rings is 1. The molecule has 0 aromatic carbocycles. The van der Waals surface area contributed by atoms with Crippen molar-refractivity contribution in [1.29, 1.82) is 0 Å². The molecule has 2 amide bonds. The minimum Gasteiger partial charge on any atom is -0.448 e. The molecule has 1 aliphatic rings. The van der Waals surface area contributed by atoms with E-state index in [4.69, 9.17) is 22.1 Å². The molecule has 0 aliphatic carbocycles. The predicted octanol–water partition coefficient (Wildman–Crippen LogP) is 0.702. The van der Waals surface area contributed by atoms with Crippen LogP contribution in [0.5, 0.6) is 0 Å². The predicted molar refractivity (Wildman–Crippen MR) is 55.6 cm³/mol. The first-order valence-corrected chi connectivity index (χ1v) is 5.46. The second-order valence-electron chi connectivity index (χ2n) is 3.50. The highest BCUT2D eigenvalue weighted by atomic mass is 35.5. The molecule has 1 atom stereocenters. The van der Waals surface area contributed by atoms with E-state index in [0.29, 0.717) is 6.54 Å². The Labute approximate surface area is 93.5 Å². The zero-order chi connectivity index (χ0) is 11.3. The number of primary amides is 1. The quantitative estimate of drug-likeness (QED) is 0.731. The summed E-state index contributed by atoms with van der Waals surface area (Å²) >= 11 is 5.49. The Hall–Kier alpha value is -0.970. The number of halogens is 1. The summed E-state index contributed by atoms with van der Waals surface area (Å²) < 4.78 is 4.71. The van der Waals surface area contributed by atoms with E-state index in [0.717, 1.165) is 19.3 Å². The first kappa shape index (κ1) is 12.1. The van der Waals surface area contributed by atoms with Crippen molar-refractivity contribution in [1.82, 2.24) is 4.90 Å². The third-order valence-electron chi connectivity index (χ3n) is 2.48. The monoisotopic (exact) mass is 234 g/mol. The number of ether oxygens (including phenoxy) is 1. The minimum absolute atomic E-state index is 0.0347. The molecule has 1 rings (SSSR count). The molecule has 0 spiro atoms. The molecule has 0 unspecified atom stereocenters. The molecule has 6 heteroatoms. The molecule has 1 heterocycles. The van der Waals surface area contributed by atoms with Crippen LogP contribution < -0.4 is 5.73 Å². The lowest BCUT2D eigenvalue weighted by Gasteiger charge is -2.34. The van der Waals surface area contributed by atoms with Crippen LogP contribution in [0.2, 0.25) is 0 Å². The van der Waals surface area contributed by atoms with E-state index in [1.165, 1.54) is 0 Å². The smallest absolute Gasteiger partial charge is 0.404 e. The lowest BCUT2D eigenvalue weighted by atomic mass is 10.0. The maximum absolute atomic E-state index is 11.4. The molecule has 5 nitrogen and oxygen atoms in total. The average Bonchev–Trinajstić information content (AvgIpc) is 2.25. The number of rotatable bonds is 3. The average molecular weight is 235 g/mol. The maximum Gasteiger partial charge on any atom is 0.404 e.